The Kier molecular flexibility index (Phi) is 6.59. The molecule has 0 saturated carbocycles. The van der Waals surface area contributed by atoms with Crippen molar-refractivity contribution < 1.29 is 0 Å². The first-order valence-electron chi connectivity index (χ1n) is 11.1. The molecule has 30 heavy (non-hydrogen) atoms. The zero-order valence-electron chi connectivity index (χ0n) is 21.3. The normalized spacial score (nSPS) is 12.8. The molecule has 2 heteroatoms. The van der Waals surface area contributed by atoms with E-state index in [1.807, 2.05) is 0 Å². The van der Waals surface area contributed by atoms with Crippen molar-refractivity contribution in [2.75, 3.05) is 0 Å². The van der Waals surface area contributed by atoms with Gasteiger partial charge in [-0.1, -0.05) is 105 Å². The van der Waals surface area contributed by atoms with E-state index in [0.29, 0.717) is 0 Å². The summed E-state index contributed by atoms with van der Waals surface area (Å²) in [4.78, 5) is 0. The predicted molar refractivity (Wildman–Crippen MR) is 142 cm³/mol. The summed E-state index contributed by atoms with van der Waals surface area (Å²) in [6.45, 7) is 27.5. The largest absolute Gasteiger partial charge is 0.129 e. The highest BCUT2D eigenvalue weighted by Crippen LogP contribution is 2.34. The fourth-order valence-corrected chi connectivity index (χ4v) is 4.11. The first-order valence-corrected chi connectivity index (χ1v) is 18.1. The van der Waals surface area contributed by atoms with Crippen LogP contribution < -0.4 is 0 Å². The lowest BCUT2D eigenvalue weighted by molar-refractivity contribution is 0.589. The molecule has 0 radical (unpaired) electrons. The monoisotopic (exact) mass is 432 g/mol. The molecule has 0 saturated heterocycles. The molecule has 0 heterocycles. The maximum Gasteiger partial charge on any atom is 0.129 e. The molecule has 0 aliphatic carbocycles. The highest BCUT2D eigenvalue weighted by atomic mass is 28.3. The maximum absolute atomic E-state index is 3.60. The third kappa shape index (κ3) is 6.63. The molecule has 0 N–H and O–H groups in total. The third-order valence-corrected chi connectivity index (χ3v) is 6.68. The Morgan fingerprint density at radius 2 is 0.900 bits per heavy atom. The summed E-state index contributed by atoms with van der Waals surface area (Å²) in [5, 5.41) is 2.50. The Balaban J connectivity index is 3.03. The number of hydrogen-bond donors (Lipinski definition) is 0. The molecule has 0 aromatic heterocycles. The van der Waals surface area contributed by atoms with E-state index in [2.05, 4.69) is 128 Å². The Hall–Kier alpha value is -1.75. The highest BCUT2D eigenvalue weighted by molar-refractivity contribution is 6.84. The zero-order valence-corrected chi connectivity index (χ0v) is 23.3. The second-order valence-corrected chi connectivity index (χ2v) is 22.1. The minimum atomic E-state index is -1.49. The smallest absolute Gasteiger partial charge is 0.127 e. The van der Waals surface area contributed by atoms with Crippen molar-refractivity contribution in [1.29, 1.82) is 0 Å². The fourth-order valence-electron chi connectivity index (χ4n) is 3.09. The van der Waals surface area contributed by atoms with Crippen LogP contribution in [0.2, 0.25) is 39.3 Å². The summed E-state index contributed by atoms with van der Waals surface area (Å²) in [5.74, 6) is 7.18. The predicted octanol–water partition coefficient (Wildman–Crippen LogP) is 7.89. The van der Waals surface area contributed by atoms with E-state index >= 15 is 0 Å². The van der Waals surface area contributed by atoms with Crippen molar-refractivity contribution in [2.45, 2.75) is 91.7 Å². The number of benzene rings is 2. The van der Waals surface area contributed by atoms with E-state index in [-0.39, 0.29) is 10.8 Å². The highest BCUT2D eigenvalue weighted by Gasteiger charge is 2.21. The molecule has 2 rings (SSSR count). The van der Waals surface area contributed by atoms with Crippen molar-refractivity contribution in [1.82, 2.24) is 0 Å². The van der Waals surface area contributed by atoms with Crippen molar-refractivity contribution in [2.24, 2.45) is 0 Å². The van der Waals surface area contributed by atoms with E-state index in [0.717, 1.165) is 11.1 Å². The van der Waals surface area contributed by atoms with Crippen molar-refractivity contribution >= 4 is 26.9 Å². The third-order valence-electron chi connectivity index (χ3n) is 4.93. The van der Waals surface area contributed by atoms with E-state index < -0.39 is 16.1 Å². The topological polar surface area (TPSA) is 0 Å². The van der Waals surface area contributed by atoms with Gasteiger partial charge in [0.2, 0.25) is 0 Å². The Labute approximate surface area is 187 Å². The molecule has 0 aliphatic rings. The summed E-state index contributed by atoms with van der Waals surface area (Å²) < 4.78 is 0. The van der Waals surface area contributed by atoms with Crippen LogP contribution in [0, 0.1) is 22.9 Å². The van der Waals surface area contributed by atoms with Crippen LogP contribution >= 0.6 is 0 Å². The molecule has 0 atom stereocenters. The lowest BCUT2D eigenvalue weighted by atomic mass is 9.80. The van der Waals surface area contributed by atoms with E-state index in [4.69, 9.17) is 0 Å². The molecular weight excluding hydrogens is 392 g/mol. The molecule has 0 nitrogen and oxygen atoms in total. The van der Waals surface area contributed by atoms with Crippen LogP contribution in [0.1, 0.15) is 63.8 Å². The van der Waals surface area contributed by atoms with Crippen LogP contribution in [-0.2, 0) is 10.8 Å². The van der Waals surface area contributed by atoms with Gasteiger partial charge in [0.25, 0.3) is 0 Å². The van der Waals surface area contributed by atoms with Crippen LogP contribution in [0.25, 0.3) is 10.8 Å². The van der Waals surface area contributed by atoms with Crippen LogP contribution in [-0.4, -0.2) is 16.1 Å². The zero-order chi connectivity index (χ0) is 23.1. The summed E-state index contributed by atoms with van der Waals surface area (Å²) in [5.41, 5.74) is 12.3. The van der Waals surface area contributed by atoms with Crippen molar-refractivity contribution in [3.05, 3.63) is 46.5 Å². The molecule has 0 amide bonds. The van der Waals surface area contributed by atoms with Gasteiger partial charge in [-0.15, -0.1) is 11.1 Å². The molecule has 0 fully saturated rings. The molecular formula is C28H40Si2. The quantitative estimate of drug-likeness (QED) is 0.293. The molecule has 2 aromatic carbocycles. The van der Waals surface area contributed by atoms with E-state index in [1.165, 1.54) is 21.9 Å². The average molecular weight is 433 g/mol. The van der Waals surface area contributed by atoms with E-state index in [9.17, 15) is 0 Å². The van der Waals surface area contributed by atoms with E-state index in [1.54, 1.807) is 0 Å². The average Bonchev–Trinajstić information content (AvgIpc) is 2.53. The summed E-state index contributed by atoms with van der Waals surface area (Å²) in [7, 11) is -2.98. The van der Waals surface area contributed by atoms with Crippen molar-refractivity contribution in [3.8, 4) is 22.9 Å². The van der Waals surface area contributed by atoms with Gasteiger partial charge in [0.15, 0.2) is 0 Å². The summed E-state index contributed by atoms with van der Waals surface area (Å²) >= 11 is 0. The van der Waals surface area contributed by atoms with Gasteiger partial charge in [-0.05, 0) is 39.5 Å². The second-order valence-electron chi connectivity index (χ2n) is 12.6. The lowest BCUT2D eigenvalue weighted by Crippen LogP contribution is -2.17. The number of hydrogen-bond acceptors (Lipinski definition) is 0. The molecule has 160 valence electrons. The number of rotatable bonds is 0. The van der Waals surface area contributed by atoms with Crippen LogP contribution in [0.15, 0.2) is 24.3 Å². The Bertz CT molecular complexity index is 984. The van der Waals surface area contributed by atoms with Crippen LogP contribution in [0.5, 0.6) is 0 Å². The first-order chi connectivity index (χ1) is 13.4. The van der Waals surface area contributed by atoms with Crippen LogP contribution in [0.3, 0.4) is 0 Å². The van der Waals surface area contributed by atoms with Gasteiger partial charge in [0.1, 0.15) is 16.1 Å². The van der Waals surface area contributed by atoms with Crippen molar-refractivity contribution in [3.63, 3.8) is 0 Å². The summed E-state index contributed by atoms with van der Waals surface area (Å²) in [6, 6.07) is 9.35. The number of fused-ring (bicyclic) bond motifs is 1. The second kappa shape index (κ2) is 8.07. The van der Waals surface area contributed by atoms with Gasteiger partial charge in [-0.2, -0.15) is 0 Å². The van der Waals surface area contributed by atoms with Gasteiger partial charge in [0, 0.05) is 16.5 Å². The molecule has 0 unspecified atom stereocenters. The van der Waals surface area contributed by atoms with Gasteiger partial charge in [-0.3, -0.25) is 0 Å². The Morgan fingerprint density at radius 1 is 0.567 bits per heavy atom. The summed E-state index contributed by atoms with van der Waals surface area (Å²) in [6.07, 6.45) is 0. The molecule has 0 aliphatic heterocycles. The van der Waals surface area contributed by atoms with Gasteiger partial charge < -0.3 is 0 Å². The van der Waals surface area contributed by atoms with Gasteiger partial charge in [0.05, 0.1) is 0 Å². The minimum Gasteiger partial charge on any atom is -0.127 e. The minimum absolute atomic E-state index is 0.0751. The molecule has 0 bridgehead atoms. The lowest BCUT2D eigenvalue weighted by Gasteiger charge is -2.24. The SMILES string of the molecule is CC(C)(C)c1cc(C#C[Si](C)(C)C)c2c(C#C[Si](C)(C)C)cc(C(C)(C)C)cc2c1. The molecule has 0 spiro atoms. The first kappa shape index (κ1) is 24.5. The standard InChI is InChI=1S/C28H40Si2/c1-27(2,3)24-17-21(13-15-29(7,8)9)26-22(14-16-30(10,11)12)18-25(28(4,5)6)20-23(26)19-24/h17-20H,1-12H3. The Morgan fingerprint density at radius 3 is 1.17 bits per heavy atom. The molecule has 2 aromatic rings. The van der Waals surface area contributed by atoms with Crippen LogP contribution in [0.4, 0.5) is 0 Å². The van der Waals surface area contributed by atoms with Gasteiger partial charge >= 0.3 is 0 Å². The fraction of sp³-hybridized carbons (Fsp3) is 0.500. The van der Waals surface area contributed by atoms with Gasteiger partial charge in [-0.25, -0.2) is 0 Å². The maximum atomic E-state index is 3.60.